The Kier molecular flexibility index (Phi) is 6.17. The molecular formula is C22H22F3N7O3. The SMILES string of the molecule is Cc1cc(-c2nnc3cc(C(C)(C)C)c(OCc4ccc(C(=O)NCC(F)(F)F)cn4)nn23)no1. The van der Waals surface area contributed by atoms with Crippen molar-refractivity contribution in [3.8, 4) is 17.4 Å². The van der Waals surface area contributed by atoms with Crippen LogP contribution in [0.2, 0.25) is 0 Å². The predicted molar refractivity (Wildman–Crippen MR) is 117 cm³/mol. The van der Waals surface area contributed by atoms with Gasteiger partial charge >= 0.3 is 6.18 Å². The Morgan fingerprint density at radius 3 is 2.54 bits per heavy atom. The zero-order valence-electron chi connectivity index (χ0n) is 19.3. The van der Waals surface area contributed by atoms with E-state index in [1.165, 1.54) is 22.8 Å². The highest BCUT2D eigenvalue weighted by atomic mass is 19.4. The quantitative estimate of drug-likeness (QED) is 0.436. The van der Waals surface area contributed by atoms with Gasteiger partial charge < -0.3 is 14.6 Å². The number of amides is 1. The van der Waals surface area contributed by atoms with Gasteiger partial charge in [0.15, 0.2) is 11.3 Å². The minimum absolute atomic E-state index is 0.00459. The fraction of sp³-hybridized carbons (Fsp3) is 0.364. The molecule has 1 N–H and O–H groups in total. The van der Waals surface area contributed by atoms with Gasteiger partial charge in [-0.3, -0.25) is 9.78 Å². The van der Waals surface area contributed by atoms with Crippen molar-refractivity contribution in [1.82, 2.24) is 35.3 Å². The van der Waals surface area contributed by atoms with Gasteiger partial charge in [0.05, 0.1) is 11.3 Å². The van der Waals surface area contributed by atoms with Crippen LogP contribution in [0.4, 0.5) is 13.2 Å². The number of nitrogens with zero attached hydrogens (tertiary/aromatic N) is 6. The van der Waals surface area contributed by atoms with Crippen LogP contribution in [-0.2, 0) is 12.0 Å². The lowest BCUT2D eigenvalue weighted by atomic mass is 9.88. The third-order valence-corrected chi connectivity index (χ3v) is 4.92. The van der Waals surface area contributed by atoms with Crippen molar-refractivity contribution in [3.05, 3.63) is 53.0 Å². The van der Waals surface area contributed by atoms with Gasteiger partial charge in [-0.2, -0.15) is 17.7 Å². The molecule has 0 unspecified atom stereocenters. The molecule has 0 bridgehead atoms. The van der Waals surface area contributed by atoms with Crippen LogP contribution in [0.25, 0.3) is 17.2 Å². The number of carbonyl (C=O) groups is 1. The first-order valence-electron chi connectivity index (χ1n) is 10.5. The van der Waals surface area contributed by atoms with Crippen LogP contribution < -0.4 is 10.1 Å². The van der Waals surface area contributed by atoms with E-state index in [4.69, 9.17) is 9.26 Å². The van der Waals surface area contributed by atoms with E-state index in [9.17, 15) is 18.0 Å². The minimum Gasteiger partial charge on any atom is -0.470 e. The van der Waals surface area contributed by atoms with Crippen LogP contribution in [0.5, 0.6) is 5.88 Å². The van der Waals surface area contributed by atoms with E-state index >= 15 is 0 Å². The maximum atomic E-state index is 12.3. The summed E-state index contributed by atoms with van der Waals surface area (Å²) >= 11 is 0. The first-order valence-corrected chi connectivity index (χ1v) is 10.5. The van der Waals surface area contributed by atoms with Crippen molar-refractivity contribution in [2.75, 3.05) is 6.54 Å². The molecular weight excluding hydrogens is 467 g/mol. The molecule has 0 aromatic carbocycles. The van der Waals surface area contributed by atoms with Crippen molar-refractivity contribution < 1.29 is 27.2 Å². The molecule has 13 heteroatoms. The molecule has 0 saturated carbocycles. The summed E-state index contributed by atoms with van der Waals surface area (Å²) in [6.45, 7) is 6.35. The standard InChI is InChI=1S/C22H22F3N7O3/c1-12-7-16(31-35-12)18-29-28-17-8-15(21(2,3)4)20(30-32(17)18)34-10-14-6-5-13(9-26-14)19(33)27-11-22(23,24)25/h5-9H,10-11H2,1-4H3,(H,27,33). The molecule has 0 aliphatic heterocycles. The Bertz CT molecular complexity index is 1360. The molecule has 35 heavy (non-hydrogen) atoms. The van der Waals surface area contributed by atoms with E-state index in [0.29, 0.717) is 34.5 Å². The van der Waals surface area contributed by atoms with Gasteiger partial charge in [-0.05, 0) is 30.5 Å². The molecule has 0 radical (unpaired) electrons. The molecule has 10 nitrogen and oxygen atoms in total. The Morgan fingerprint density at radius 1 is 1.17 bits per heavy atom. The fourth-order valence-electron chi connectivity index (χ4n) is 3.16. The predicted octanol–water partition coefficient (Wildman–Crippen LogP) is 3.65. The Labute approximate surface area is 197 Å². The van der Waals surface area contributed by atoms with Crippen molar-refractivity contribution in [2.24, 2.45) is 0 Å². The number of pyridine rings is 1. The zero-order valence-corrected chi connectivity index (χ0v) is 19.3. The molecule has 0 aliphatic carbocycles. The molecule has 0 aliphatic rings. The van der Waals surface area contributed by atoms with Crippen molar-refractivity contribution in [3.63, 3.8) is 0 Å². The summed E-state index contributed by atoms with van der Waals surface area (Å²) in [5, 5.41) is 18.7. The van der Waals surface area contributed by atoms with E-state index in [1.807, 2.05) is 26.8 Å². The monoisotopic (exact) mass is 489 g/mol. The van der Waals surface area contributed by atoms with Crippen LogP contribution >= 0.6 is 0 Å². The van der Waals surface area contributed by atoms with Crippen LogP contribution in [0.15, 0.2) is 35.0 Å². The number of fused-ring (bicyclic) bond motifs is 1. The lowest BCUT2D eigenvalue weighted by Crippen LogP contribution is -2.33. The van der Waals surface area contributed by atoms with E-state index < -0.39 is 18.6 Å². The summed E-state index contributed by atoms with van der Waals surface area (Å²) in [7, 11) is 0. The molecule has 0 saturated heterocycles. The zero-order chi connectivity index (χ0) is 25.4. The fourth-order valence-corrected chi connectivity index (χ4v) is 3.16. The second-order valence-electron chi connectivity index (χ2n) is 8.85. The van der Waals surface area contributed by atoms with Crippen molar-refractivity contribution in [2.45, 2.75) is 45.9 Å². The third-order valence-electron chi connectivity index (χ3n) is 4.92. The molecule has 4 rings (SSSR count). The number of rotatable bonds is 6. The van der Waals surface area contributed by atoms with Gasteiger partial charge in [0.1, 0.15) is 18.9 Å². The Morgan fingerprint density at radius 2 is 1.94 bits per heavy atom. The number of aryl methyl sites for hydroxylation is 1. The maximum absolute atomic E-state index is 12.3. The molecule has 4 aromatic heterocycles. The second kappa shape index (κ2) is 8.96. The highest BCUT2D eigenvalue weighted by Gasteiger charge is 2.28. The van der Waals surface area contributed by atoms with Gasteiger partial charge in [0.2, 0.25) is 11.7 Å². The molecule has 0 spiro atoms. The lowest BCUT2D eigenvalue weighted by Gasteiger charge is -2.21. The number of ether oxygens (including phenoxy) is 1. The topological polar surface area (TPSA) is 120 Å². The second-order valence-corrected chi connectivity index (χ2v) is 8.85. The smallest absolute Gasteiger partial charge is 0.405 e. The number of hydrogen-bond donors (Lipinski definition) is 1. The first-order chi connectivity index (χ1) is 16.4. The molecule has 4 aromatic rings. The lowest BCUT2D eigenvalue weighted by molar-refractivity contribution is -0.123. The van der Waals surface area contributed by atoms with E-state index in [2.05, 4.69) is 25.4 Å². The summed E-state index contributed by atoms with van der Waals surface area (Å²) in [5.41, 5.74) is 1.88. The summed E-state index contributed by atoms with van der Waals surface area (Å²) in [4.78, 5) is 16.0. The molecule has 0 fully saturated rings. The van der Waals surface area contributed by atoms with Crippen LogP contribution in [0.3, 0.4) is 0 Å². The summed E-state index contributed by atoms with van der Waals surface area (Å²) in [6.07, 6.45) is -3.30. The average Bonchev–Trinajstić information content (AvgIpc) is 3.40. The highest BCUT2D eigenvalue weighted by Crippen LogP contribution is 2.32. The Balaban J connectivity index is 1.56. The van der Waals surface area contributed by atoms with Gasteiger partial charge in [-0.1, -0.05) is 25.9 Å². The summed E-state index contributed by atoms with van der Waals surface area (Å²) in [5.74, 6) is 0.448. The van der Waals surface area contributed by atoms with Crippen LogP contribution in [0, 0.1) is 6.92 Å². The number of carbonyl (C=O) groups excluding carboxylic acids is 1. The van der Waals surface area contributed by atoms with Crippen LogP contribution in [0.1, 0.15) is 48.1 Å². The molecule has 184 valence electrons. The normalized spacial score (nSPS) is 12.2. The van der Waals surface area contributed by atoms with E-state index in [0.717, 1.165) is 5.56 Å². The number of alkyl halides is 3. The summed E-state index contributed by atoms with van der Waals surface area (Å²) in [6, 6.07) is 6.42. The highest BCUT2D eigenvalue weighted by molar-refractivity contribution is 5.93. The van der Waals surface area contributed by atoms with E-state index in [-0.39, 0.29) is 17.6 Å². The van der Waals surface area contributed by atoms with Crippen molar-refractivity contribution >= 4 is 11.6 Å². The summed E-state index contributed by atoms with van der Waals surface area (Å²) < 4.78 is 49.5. The molecule has 1 amide bonds. The molecule has 0 atom stereocenters. The van der Waals surface area contributed by atoms with Gasteiger partial charge in [0, 0.05) is 17.8 Å². The third kappa shape index (κ3) is 5.55. The molecule has 4 heterocycles. The minimum atomic E-state index is -4.49. The van der Waals surface area contributed by atoms with Gasteiger partial charge in [-0.15, -0.1) is 15.3 Å². The number of aromatic nitrogens is 6. The van der Waals surface area contributed by atoms with Gasteiger partial charge in [-0.25, -0.2) is 0 Å². The first kappa shape index (κ1) is 24.1. The average molecular weight is 489 g/mol. The largest absolute Gasteiger partial charge is 0.470 e. The number of nitrogens with one attached hydrogen (secondary N) is 1. The number of halogens is 3. The Hall–Kier alpha value is -4.03. The van der Waals surface area contributed by atoms with Gasteiger partial charge in [0.25, 0.3) is 5.91 Å². The maximum Gasteiger partial charge on any atom is 0.405 e. The number of hydrogen-bond acceptors (Lipinski definition) is 8. The van der Waals surface area contributed by atoms with E-state index in [1.54, 1.807) is 18.3 Å². The van der Waals surface area contributed by atoms with Crippen LogP contribution in [-0.4, -0.2) is 48.6 Å². The van der Waals surface area contributed by atoms with Crippen molar-refractivity contribution in [1.29, 1.82) is 0 Å².